The maximum absolute atomic E-state index is 13.3. The van der Waals surface area contributed by atoms with Crippen LogP contribution in [0.15, 0.2) is 78.9 Å². The van der Waals surface area contributed by atoms with Crippen molar-refractivity contribution >= 4 is 27.3 Å². The average molecular weight is 427 g/mol. The van der Waals surface area contributed by atoms with Crippen molar-refractivity contribution in [2.75, 3.05) is 15.9 Å². The van der Waals surface area contributed by atoms with Crippen molar-refractivity contribution in [3.05, 3.63) is 84.7 Å². The lowest BCUT2D eigenvalue weighted by atomic mass is 10.0. The Bertz CT molecular complexity index is 1120. The van der Waals surface area contributed by atoms with E-state index in [1.165, 1.54) is 24.3 Å². The van der Waals surface area contributed by atoms with Gasteiger partial charge in [0.2, 0.25) is 15.9 Å². The maximum atomic E-state index is 13.3. The van der Waals surface area contributed by atoms with Crippen LogP contribution in [0.5, 0.6) is 0 Å². The van der Waals surface area contributed by atoms with Crippen LogP contribution in [0.25, 0.3) is 11.1 Å². The van der Waals surface area contributed by atoms with Gasteiger partial charge in [-0.25, -0.2) is 12.8 Å². The van der Waals surface area contributed by atoms with E-state index < -0.39 is 27.8 Å². The standard InChI is InChI=1S/C23H23FN2O3S/c1-3-22(26(30(2,28)29)19-15-13-18(24)14-16-19)23(27)25-21-12-8-7-11-20(21)17-9-5-4-6-10-17/h4-16,22H,3H2,1-2H3,(H,25,27)/t22-/m1/s1. The molecule has 0 saturated heterocycles. The molecule has 0 heterocycles. The zero-order valence-electron chi connectivity index (χ0n) is 16.7. The average Bonchev–Trinajstić information content (AvgIpc) is 2.73. The molecular formula is C23H23FN2O3S. The van der Waals surface area contributed by atoms with Gasteiger partial charge in [0.25, 0.3) is 0 Å². The molecular weight excluding hydrogens is 403 g/mol. The molecule has 0 unspecified atom stereocenters. The summed E-state index contributed by atoms with van der Waals surface area (Å²) in [5.74, 6) is -0.947. The number of sulfonamides is 1. The van der Waals surface area contributed by atoms with Crippen LogP contribution in [0.4, 0.5) is 15.8 Å². The number of halogens is 1. The summed E-state index contributed by atoms with van der Waals surface area (Å²) in [7, 11) is -3.79. The van der Waals surface area contributed by atoms with E-state index in [0.717, 1.165) is 21.7 Å². The summed E-state index contributed by atoms with van der Waals surface area (Å²) in [6, 6.07) is 21.0. The molecule has 3 aromatic carbocycles. The van der Waals surface area contributed by atoms with E-state index in [2.05, 4.69) is 5.32 Å². The molecule has 30 heavy (non-hydrogen) atoms. The number of benzene rings is 3. The summed E-state index contributed by atoms with van der Waals surface area (Å²) in [4.78, 5) is 13.2. The normalized spacial score (nSPS) is 12.2. The first-order valence-corrected chi connectivity index (χ1v) is 11.4. The monoisotopic (exact) mass is 426 g/mol. The van der Waals surface area contributed by atoms with Gasteiger partial charge in [-0.2, -0.15) is 0 Å². The highest BCUT2D eigenvalue weighted by Gasteiger charge is 2.31. The first-order valence-electron chi connectivity index (χ1n) is 9.51. The van der Waals surface area contributed by atoms with Gasteiger partial charge in [-0.15, -0.1) is 0 Å². The smallest absolute Gasteiger partial charge is 0.248 e. The Morgan fingerprint density at radius 2 is 1.57 bits per heavy atom. The number of para-hydroxylation sites is 1. The summed E-state index contributed by atoms with van der Waals surface area (Å²) in [5, 5.41) is 2.87. The van der Waals surface area contributed by atoms with Gasteiger partial charge >= 0.3 is 0 Å². The second kappa shape index (κ2) is 9.09. The largest absolute Gasteiger partial charge is 0.324 e. The molecule has 0 bridgehead atoms. The highest BCUT2D eigenvalue weighted by molar-refractivity contribution is 7.92. The van der Waals surface area contributed by atoms with Crippen molar-refractivity contribution in [1.29, 1.82) is 0 Å². The zero-order chi connectivity index (χ0) is 21.7. The van der Waals surface area contributed by atoms with Crippen LogP contribution in [0.3, 0.4) is 0 Å². The quantitative estimate of drug-likeness (QED) is 0.597. The lowest BCUT2D eigenvalue weighted by Gasteiger charge is -2.30. The fourth-order valence-corrected chi connectivity index (χ4v) is 4.54. The van der Waals surface area contributed by atoms with E-state index in [0.29, 0.717) is 5.69 Å². The molecule has 156 valence electrons. The summed E-state index contributed by atoms with van der Waals surface area (Å²) >= 11 is 0. The number of carbonyl (C=O) groups is 1. The second-order valence-corrected chi connectivity index (χ2v) is 8.72. The van der Waals surface area contributed by atoms with Crippen molar-refractivity contribution < 1.29 is 17.6 Å². The molecule has 1 N–H and O–H groups in total. The van der Waals surface area contributed by atoms with Crippen LogP contribution in [0.2, 0.25) is 0 Å². The molecule has 0 aliphatic rings. The van der Waals surface area contributed by atoms with Crippen LogP contribution in [-0.2, 0) is 14.8 Å². The third-order valence-corrected chi connectivity index (χ3v) is 5.86. The van der Waals surface area contributed by atoms with Gasteiger partial charge in [0, 0.05) is 11.3 Å². The second-order valence-electron chi connectivity index (χ2n) is 6.86. The third kappa shape index (κ3) is 4.86. The fraction of sp³-hybridized carbons (Fsp3) is 0.174. The predicted octanol–water partition coefficient (Wildman–Crippen LogP) is 4.68. The molecule has 0 fully saturated rings. The van der Waals surface area contributed by atoms with E-state index in [4.69, 9.17) is 0 Å². The molecule has 5 nitrogen and oxygen atoms in total. The van der Waals surface area contributed by atoms with Crippen LogP contribution in [0.1, 0.15) is 13.3 Å². The Labute approximate surface area is 176 Å². The van der Waals surface area contributed by atoms with Crippen LogP contribution < -0.4 is 9.62 Å². The molecule has 3 rings (SSSR count). The molecule has 0 aliphatic carbocycles. The summed E-state index contributed by atoms with van der Waals surface area (Å²) in [5.41, 5.74) is 2.57. The Kier molecular flexibility index (Phi) is 6.52. The summed E-state index contributed by atoms with van der Waals surface area (Å²) in [6.07, 6.45) is 1.27. The van der Waals surface area contributed by atoms with E-state index in [9.17, 15) is 17.6 Å². The number of carbonyl (C=O) groups excluding carboxylic acids is 1. The number of anilines is 2. The Hall–Kier alpha value is -3.19. The van der Waals surface area contributed by atoms with Crippen LogP contribution in [-0.4, -0.2) is 26.6 Å². The van der Waals surface area contributed by atoms with Crippen LogP contribution in [0, 0.1) is 5.82 Å². The van der Waals surface area contributed by atoms with Gasteiger partial charge in [-0.3, -0.25) is 9.10 Å². The van der Waals surface area contributed by atoms with Gasteiger partial charge in [0.15, 0.2) is 0 Å². The van der Waals surface area contributed by atoms with Gasteiger partial charge in [0.1, 0.15) is 11.9 Å². The number of hydrogen-bond donors (Lipinski definition) is 1. The minimum atomic E-state index is -3.79. The molecule has 1 atom stereocenters. The lowest BCUT2D eigenvalue weighted by molar-refractivity contribution is -0.117. The van der Waals surface area contributed by atoms with Crippen molar-refractivity contribution in [2.45, 2.75) is 19.4 Å². The third-order valence-electron chi connectivity index (χ3n) is 4.68. The van der Waals surface area contributed by atoms with E-state index in [1.54, 1.807) is 19.1 Å². The van der Waals surface area contributed by atoms with E-state index in [1.807, 2.05) is 42.5 Å². The Balaban J connectivity index is 1.96. The topological polar surface area (TPSA) is 66.5 Å². The number of amides is 1. The molecule has 0 saturated carbocycles. The number of hydrogen-bond acceptors (Lipinski definition) is 3. The Morgan fingerprint density at radius 1 is 0.967 bits per heavy atom. The lowest BCUT2D eigenvalue weighted by Crippen LogP contribution is -2.47. The molecule has 0 radical (unpaired) electrons. The molecule has 7 heteroatoms. The Morgan fingerprint density at radius 3 is 2.17 bits per heavy atom. The highest BCUT2D eigenvalue weighted by atomic mass is 32.2. The van der Waals surface area contributed by atoms with Crippen molar-refractivity contribution in [3.63, 3.8) is 0 Å². The minimum absolute atomic E-state index is 0.234. The molecule has 0 spiro atoms. The maximum Gasteiger partial charge on any atom is 0.248 e. The van der Waals surface area contributed by atoms with E-state index in [-0.39, 0.29) is 12.1 Å². The first kappa shape index (κ1) is 21.5. The molecule has 3 aromatic rings. The number of rotatable bonds is 7. The van der Waals surface area contributed by atoms with Gasteiger partial charge < -0.3 is 5.32 Å². The van der Waals surface area contributed by atoms with Crippen molar-refractivity contribution in [2.24, 2.45) is 0 Å². The fourth-order valence-electron chi connectivity index (χ4n) is 3.33. The summed E-state index contributed by atoms with van der Waals surface area (Å²) < 4.78 is 39.4. The number of nitrogens with one attached hydrogen (secondary N) is 1. The predicted molar refractivity (Wildman–Crippen MR) is 118 cm³/mol. The molecule has 0 aromatic heterocycles. The van der Waals surface area contributed by atoms with Gasteiger partial charge in [-0.1, -0.05) is 55.5 Å². The molecule has 0 aliphatic heterocycles. The van der Waals surface area contributed by atoms with Gasteiger partial charge in [-0.05, 0) is 42.3 Å². The molecule has 1 amide bonds. The highest BCUT2D eigenvalue weighted by Crippen LogP contribution is 2.29. The SMILES string of the molecule is CC[C@H](C(=O)Nc1ccccc1-c1ccccc1)N(c1ccc(F)cc1)S(C)(=O)=O. The first-order chi connectivity index (χ1) is 14.3. The van der Waals surface area contributed by atoms with E-state index >= 15 is 0 Å². The number of nitrogens with zero attached hydrogens (tertiary/aromatic N) is 1. The van der Waals surface area contributed by atoms with Crippen molar-refractivity contribution in [1.82, 2.24) is 0 Å². The van der Waals surface area contributed by atoms with Crippen molar-refractivity contribution in [3.8, 4) is 11.1 Å². The zero-order valence-corrected chi connectivity index (χ0v) is 17.6. The summed E-state index contributed by atoms with van der Waals surface area (Å²) in [6.45, 7) is 1.73. The minimum Gasteiger partial charge on any atom is -0.324 e. The van der Waals surface area contributed by atoms with Gasteiger partial charge in [0.05, 0.1) is 11.9 Å². The van der Waals surface area contributed by atoms with Crippen LogP contribution >= 0.6 is 0 Å².